The van der Waals surface area contributed by atoms with Gasteiger partial charge in [0.05, 0.1) is 23.1 Å². The average Bonchev–Trinajstić information content (AvgIpc) is 3.32. The third-order valence-electron chi connectivity index (χ3n) is 4.70. The maximum atomic E-state index is 13.1. The number of hydrogen-bond donors (Lipinski definition) is 1. The SMILES string of the molecule is O=S(=O)(c1ccc(F)cc1)N1CC[C@]2(C[C@H](Nc3nccs3)CO2)C1. The molecule has 25 heavy (non-hydrogen) atoms. The number of aromatic nitrogens is 1. The average molecular weight is 383 g/mol. The van der Waals surface area contributed by atoms with E-state index in [1.165, 1.54) is 39.9 Å². The Kier molecular flexibility index (Phi) is 4.27. The van der Waals surface area contributed by atoms with Gasteiger partial charge in [0.2, 0.25) is 10.0 Å². The Balaban J connectivity index is 1.45. The van der Waals surface area contributed by atoms with Crippen molar-refractivity contribution < 1.29 is 17.5 Å². The van der Waals surface area contributed by atoms with E-state index in [1.54, 1.807) is 6.20 Å². The number of nitrogens with zero attached hydrogens (tertiary/aromatic N) is 2. The van der Waals surface area contributed by atoms with Crippen molar-refractivity contribution in [2.45, 2.75) is 29.4 Å². The third kappa shape index (κ3) is 3.29. The highest BCUT2D eigenvalue weighted by Gasteiger charge is 2.48. The van der Waals surface area contributed by atoms with Gasteiger partial charge in [-0.2, -0.15) is 4.31 Å². The maximum Gasteiger partial charge on any atom is 0.243 e. The number of sulfonamides is 1. The smallest absolute Gasteiger partial charge is 0.243 e. The standard InChI is InChI=1S/C16H18FN3O3S2/c17-12-1-3-14(4-2-12)25(21,22)20-7-5-16(11-20)9-13(10-23-16)19-15-18-6-8-24-15/h1-4,6,8,13H,5,7,9-11H2,(H,18,19)/t13-,16-/m0/s1. The first kappa shape index (κ1) is 16.9. The lowest BCUT2D eigenvalue weighted by Crippen LogP contribution is -2.36. The highest BCUT2D eigenvalue weighted by molar-refractivity contribution is 7.89. The topological polar surface area (TPSA) is 71.5 Å². The highest BCUT2D eigenvalue weighted by atomic mass is 32.2. The Morgan fingerprint density at radius 3 is 2.88 bits per heavy atom. The van der Waals surface area contributed by atoms with E-state index >= 15 is 0 Å². The highest BCUT2D eigenvalue weighted by Crippen LogP contribution is 2.38. The molecular weight excluding hydrogens is 365 g/mol. The van der Waals surface area contributed by atoms with Crippen molar-refractivity contribution in [3.05, 3.63) is 41.7 Å². The summed E-state index contributed by atoms with van der Waals surface area (Å²) in [5.41, 5.74) is -0.456. The van der Waals surface area contributed by atoms with Gasteiger partial charge in [0.25, 0.3) is 0 Å². The number of anilines is 1. The zero-order valence-corrected chi connectivity index (χ0v) is 15.0. The summed E-state index contributed by atoms with van der Waals surface area (Å²) in [6.07, 6.45) is 3.14. The second-order valence-corrected chi connectivity index (χ2v) is 9.25. The number of hydrogen-bond acceptors (Lipinski definition) is 6. The van der Waals surface area contributed by atoms with E-state index < -0.39 is 21.4 Å². The fourth-order valence-corrected chi connectivity index (χ4v) is 5.58. The monoisotopic (exact) mass is 383 g/mol. The first-order valence-electron chi connectivity index (χ1n) is 8.03. The van der Waals surface area contributed by atoms with E-state index in [-0.39, 0.29) is 10.9 Å². The molecule has 0 amide bonds. The molecule has 6 nitrogen and oxygen atoms in total. The quantitative estimate of drug-likeness (QED) is 0.877. The van der Waals surface area contributed by atoms with E-state index in [1.807, 2.05) is 5.38 Å². The second kappa shape index (κ2) is 6.31. The Morgan fingerprint density at radius 2 is 2.16 bits per heavy atom. The van der Waals surface area contributed by atoms with Gasteiger partial charge in [0.15, 0.2) is 5.13 Å². The molecule has 134 valence electrons. The molecule has 2 aromatic rings. The van der Waals surface area contributed by atoms with Gasteiger partial charge >= 0.3 is 0 Å². The van der Waals surface area contributed by atoms with Crippen LogP contribution in [-0.4, -0.2) is 49.0 Å². The van der Waals surface area contributed by atoms with Gasteiger partial charge in [0.1, 0.15) is 5.82 Å². The van der Waals surface area contributed by atoms with Gasteiger partial charge < -0.3 is 10.1 Å². The Morgan fingerprint density at radius 1 is 1.36 bits per heavy atom. The van der Waals surface area contributed by atoms with Gasteiger partial charge in [-0.15, -0.1) is 11.3 Å². The summed E-state index contributed by atoms with van der Waals surface area (Å²) >= 11 is 1.53. The van der Waals surface area contributed by atoms with Gasteiger partial charge in [-0.3, -0.25) is 0 Å². The molecule has 2 atom stereocenters. The van der Waals surface area contributed by atoms with Crippen LogP contribution in [0.3, 0.4) is 0 Å². The molecule has 9 heteroatoms. The maximum absolute atomic E-state index is 13.1. The number of thiazole rings is 1. The van der Waals surface area contributed by atoms with Crippen molar-refractivity contribution in [2.75, 3.05) is 25.0 Å². The van der Waals surface area contributed by atoms with Crippen molar-refractivity contribution in [3.63, 3.8) is 0 Å². The van der Waals surface area contributed by atoms with Crippen molar-refractivity contribution in [3.8, 4) is 0 Å². The van der Waals surface area contributed by atoms with Crippen LogP contribution in [0.2, 0.25) is 0 Å². The molecule has 1 N–H and O–H groups in total. The van der Waals surface area contributed by atoms with E-state index in [4.69, 9.17) is 4.74 Å². The number of ether oxygens (including phenoxy) is 1. The van der Waals surface area contributed by atoms with E-state index in [0.29, 0.717) is 26.1 Å². The lowest BCUT2D eigenvalue weighted by molar-refractivity contribution is 0.0173. The molecule has 0 unspecified atom stereocenters. The third-order valence-corrected chi connectivity index (χ3v) is 7.27. The molecule has 0 saturated carbocycles. The Bertz CT molecular complexity index is 842. The molecule has 2 aliphatic heterocycles. The molecule has 1 spiro atoms. The van der Waals surface area contributed by atoms with Crippen molar-refractivity contribution in [1.29, 1.82) is 0 Å². The van der Waals surface area contributed by atoms with Crippen molar-refractivity contribution in [1.82, 2.24) is 9.29 Å². The number of halogens is 1. The van der Waals surface area contributed by atoms with E-state index in [2.05, 4.69) is 10.3 Å². The second-order valence-electron chi connectivity index (χ2n) is 6.42. The number of rotatable bonds is 4. The minimum absolute atomic E-state index is 0.112. The number of benzene rings is 1. The molecular formula is C16H18FN3O3S2. The first-order chi connectivity index (χ1) is 12.0. The van der Waals surface area contributed by atoms with Gasteiger partial charge in [0, 0.05) is 31.1 Å². The van der Waals surface area contributed by atoms with Crippen LogP contribution < -0.4 is 5.32 Å². The summed E-state index contributed by atoms with van der Waals surface area (Å²) in [6.45, 7) is 1.26. The lowest BCUT2D eigenvalue weighted by atomic mass is 9.97. The summed E-state index contributed by atoms with van der Waals surface area (Å²) in [6, 6.07) is 5.06. The fourth-order valence-electron chi connectivity index (χ4n) is 3.46. The summed E-state index contributed by atoms with van der Waals surface area (Å²) in [4.78, 5) is 4.32. The summed E-state index contributed by atoms with van der Waals surface area (Å²) in [7, 11) is -3.63. The molecule has 0 bridgehead atoms. The van der Waals surface area contributed by atoms with Crippen LogP contribution in [0.4, 0.5) is 9.52 Å². The van der Waals surface area contributed by atoms with Crippen LogP contribution in [0, 0.1) is 5.82 Å². The summed E-state index contributed by atoms with van der Waals surface area (Å²) < 4.78 is 46.0. The van der Waals surface area contributed by atoms with Crippen LogP contribution in [-0.2, 0) is 14.8 Å². The minimum Gasteiger partial charge on any atom is -0.371 e. The predicted molar refractivity (Wildman–Crippen MR) is 92.6 cm³/mol. The van der Waals surface area contributed by atoms with Gasteiger partial charge in [-0.25, -0.2) is 17.8 Å². The van der Waals surface area contributed by atoms with Crippen LogP contribution >= 0.6 is 11.3 Å². The largest absolute Gasteiger partial charge is 0.371 e. The van der Waals surface area contributed by atoms with Gasteiger partial charge in [-0.05, 0) is 30.7 Å². The number of nitrogens with one attached hydrogen (secondary N) is 1. The van der Waals surface area contributed by atoms with Crippen LogP contribution in [0.25, 0.3) is 0 Å². The summed E-state index contributed by atoms with van der Waals surface area (Å²) in [5, 5.41) is 6.09. The Labute approximate surface area is 149 Å². The van der Waals surface area contributed by atoms with Crippen LogP contribution in [0.1, 0.15) is 12.8 Å². The molecule has 2 saturated heterocycles. The lowest BCUT2D eigenvalue weighted by Gasteiger charge is -2.23. The summed E-state index contributed by atoms with van der Waals surface area (Å²) in [5.74, 6) is -0.452. The van der Waals surface area contributed by atoms with E-state index in [0.717, 1.165) is 11.6 Å². The normalized spacial score (nSPS) is 27.2. The molecule has 1 aromatic carbocycles. The van der Waals surface area contributed by atoms with Gasteiger partial charge in [-0.1, -0.05) is 0 Å². The Hall–Kier alpha value is -1.55. The molecule has 2 fully saturated rings. The molecule has 2 aliphatic rings. The van der Waals surface area contributed by atoms with E-state index in [9.17, 15) is 12.8 Å². The molecule has 4 rings (SSSR count). The van der Waals surface area contributed by atoms with Crippen LogP contribution in [0.5, 0.6) is 0 Å². The molecule has 1 aromatic heterocycles. The molecule has 0 aliphatic carbocycles. The fraction of sp³-hybridized carbons (Fsp3) is 0.438. The molecule has 3 heterocycles. The first-order valence-corrected chi connectivity index (χ1v) is 10.3. The van der Waals surface area contributed by atoms with Crippen molar-refractivity contribution >= 4 is 26.5 Å². The predicted octanol–water partition coefficient (Wildman–Crippen LogP) is 2.32. The minimum atomic E-state index is -3.63. The zero-order valence-electron chi connectivity index (χ0n) is 13.4. The van der Waals surface area contributed by atoms with Crippen molar-refractivity contribution in [2.24, 2.45) is 0 Å². The molecule has 0 radical (unpaired) electrons. The zero-order chi connectivity index (χ0) is 17.5. The van der Waals surface area contributed by atoms with Crippen LogP contribution in [0.15, 0.2) is 40.7 Å².